The van der Waals surface area contributed by atoms with Gasteiger partial charge in [0.15, 0.2) is 0 Å². The van der Waals surface area contributed by atoms with Gasteiger partial charge in [-0.05, 0) is 16.8 Å². The summed E-state index contributed by atoms with van der Waals surface area (Å²) in [6.45, 7) is -0.750. The van der Waals surface area contributed by atoms with E-state index in [-0.39, 0.29) is 0 Å². The second-order valence-corrected chi connectivity index (χ2v) is 4.35. The molecule has 0 unspecified atom stereocenters. The molecule has 0 aliphatic heterocycles. The first kappa shape index (κ1) is 7.24. The molecule has 0 heterocycles. The molecule has 5 heteroatoms. The Balaban J connectivity index is 3.57. The van der Waals surface area contributed by atoms with Crippen LogP contribution in [0.5, 0.6) is 0 Å². The van der Waals surface area contributed by atoms with E-state index in [0.717, 1.165) is 5.41 Å². The van der Waals surface area contributed by atoms with Crippen molar-refractivity contribution < 1.29 is 14.4 Å². The van der Waals surface area contributed by atoms with Crippen molar-refractivity contribution in [3.05, 3.63) is 12.0 Å². The first-order valence-corrected chi connectivity index (χ1v) is 4.51. The van der Waals surface area contributed by atoms with E-state index >= 15 is 0 Å². The summed E-state index contributed by atoms with van der Waals surface area (Å²) in [6.07, 6.45) is 0. The van der Waals surface area contributed by atoms with Crippen molar-refractivity contribution in [2.75, 3.05) is 0 Å². The molecule has 0 aliphatic carbocycles. The third-order valence-corrected chi connectivity index (χ3v) is 1.91. The topological polar surface area (TPSA) is 57.5 Å². The molecular weight excluding hydrogens is 135 g/mol. The van der Waals surface area contributed by atoms with E-state index in [0.29, 0.717) is 11.4 Å². The smallest absolute Gasteiger partial charge is 0.316 e. The van der Waals surface area contributed by atoms with Gasteiger partial charge in [0.25, 0.3) is 0 Å². The SMILES string of the molecule is C=CSP(=O)(O)O. The van der Waals surface area contributed by atoms with Crippen molar-refractivity contribution in [2.24, 2.45) is 0 Å². The van der Waals surface area contributed by atoms with Crippen LogP contribution in [0.25, 0.3) is 0 Å². The van der Waals surface area contributed by atoms with Crippen molar-refractivity contribution >= 4 is 18.2 Å². The minimum atomic E-state index is -3.87. The fraction of sp³-hybridized carbons (Fsp3) is 0. The van der Waals surface area contributed by atoms with E-state index in [9.17, 15) is 4.57 Å². The monoisotopic (exact) mass is 140 g/mol. The lowest BCUT2D eigenvalue weighted by atomic mass is 11.3. The molecule has 0 aromatic carbocycles. The molecule has 0 atom stereocenters. The van der Waals surface area contributed by atoms with Crippen LogP contribution in [0.15, 0.2) is 12.0 Å². The first-order valence-electron chi connectivity index (χ1n) is 1.41. The summed E-state index contributed by atoms with van der Waals surface area (Å²) < 4.78 is 9.82. The second kappa shape index (κ2) is 2.52. The average Bonchev–Trinajstić information content (AvgIpc) is 1.30. The van der Waals surface area contributed by atoms with E-state index in [2.05, 4.69) is 6.58 Å². The van der Waals surface area contributed by atoms with Crippen molar-refractivity contribution in [3.8, 4) is 0 Å². The molecule has 42 valence electrons. The molecule has 0 aromatic heterocycles. The molecule has 0 rings (SSSR count). The maximum atomic E-state index is 9.82. The largest absolute Gasteiger partial charge is 0.388 e. The zero-order chi connectivity index (χ0) is 5.91. The van der Waals surface area contributed by atoms with Gasteiger partial charge in [-0.25, -0.2) is 4.57 Å². The molecule has 3 nitrogen and oxygen atoms in total. The van der Waals surface area contributed by atoms with Crippen LogP contribution < -0.4 is 0 Å². The predicted molar refractivity (Wildman–Crippen MR) is 29.8 cm³/mol. The van der Waals surface area contributed by atoms with Crippen LogP contribution in [0.3, 0.4) is 0 Å². The summed E-state index contributed by atoms with van der Waals surface area (Å²) in [5.41, 5.74) is 0. The van der Waals surface area contributed by atoms with Gasteiger partial charge in [-0.3, -0.25) is 0 Å². The molecule has 0 bridgehead atoms. The van der Waals surface area contributed by atoms with Crippen molar-refractivity contribution in [3.63, 3.8) is 0 Å². The number of hydrogen-bond donors (Lipinski definition) is 2. The predicted octanol–water partition coefficient (Wildman–Crippen LogP) is 0.956. The fourth-order valence-electron chi connectivity index (χ4n) is 0.0971. The van der Waals surface area contributed by atoms with Gasteiger partial charge >= 0.3 is 6.80 Å². The number of rotatable bonds is 2. The van der Waals surface area contributed by atoms with Crippen molar-refractivity contribution in [1.82, 2.24) is 0 Å². The van der Waals surface area contributed by atoms with Crippen LogP contribution >= 0.6 is 18.2 Å². The molecule has 0 amide bonds. The van der Waals surface area contributed by atoms with E-state index in [1.165, 1.54) is 0 Å². The Labute approximate surface area is 45.3 Å². The molecule has 0 aliphatic rings. The summed E-state index contributed by atoms with van der Waals surface area (Å²) in [5, 5.41) is 1.11. The second-order valence-electron chi connectivity index (χ2n) is 0.763. The molecule has 0 spiro atoms. The summed E-state index contributed by atoms with van der Waals surface area (Å²) in [4.78, 5) is 16.0. The Morgan fingerprint density at radius 2 is 2.14 bits per heavy atom. The highest BCUT2D eigenvalue weighted by Crippen LogP contribution is 2.50. The minimum Gasteiger partial charge on any atom is -0.316 e. The van der Waals surface area contributed by atoms with Crippen molar-refractivity contribution in [2.45, 2.75) is 0 Å². The zero-order valence-electron chi connectivity index (χ0n) is 3.44. The lowest BCUT2D eigenvalue weighted by Crippen LogP contribution is -1.61. The Bertz CT molecular complexity index is 106. The number of hydrogen-bond acceptors (Lipinski definition) is 2. The Hall–Kier alpha value is 0.240. The highest BCUT2D eigenvalue weighted by Gasteiger charge is 2.08. The van der Waals surface area contributed by atoms with E-state index in [1.54, 1.807) is 0 Å². The van der Waals surface area contributed by atoms with E-state index in [4.69, 9.17) is 9.79 Å². The van der Waals surface area contributed by atoms with Gasteiger partial charge in [-0.15, -0.1) is 0 Å². The quantitative estimate of drug-likeness (QED) is 0.561. The molecule has 7 heavy (non-hydrogen) atoms. The van der Waals surface area contributed by atoms with Crippen LogP contribution in [0.2, 0.25) is 0 Å². The fourth-order valence-corrected chi connectivity index (χ4v) is 0.874. The van der Waals surface area contributed by atoms with Gasteiger partial charge in [0.1, 0.15) is 0 Å². The molecular formula is C2H5O3PS. The van der Waals surface area contributed by atoms with Crippen LogP contribution in [0.1, 0.15) is 0 Å². The lowest BCUT2D eigenvalue weighted by Gasteiger charge is -1.92. The normalized spacial score (nSPS) is 11.1. The average molecular weight is 140 g/mol. The van der Waals surface area contributed by atoms with Crippen molar-refractivity contribution in [1.29, 1.82) is 0 Å². The molecule has 0 saturated carbocycles. The molecule has 0 saturated heterocycles. The first-order chi connectivity index (χ1) is 3.06. The van der Waals surface area contributed by atoms with Gasteiger partial charge in [-0.1, -0.05) is 6.58 Å². The highest BCUT2D eigenvalue weighted by atomic mass is 32.7. The van der Waals surface area contributed by atoms with Gasteiger partial charge in [0, 0.05) is 0 Å². The summed E-state index contributed by atoms with van der Waals surface area (Å²) in [5.74, 6) is 0. The standard InChI is InChI=1S/C2H5O3PS/c1-2-7-6(3,4)5/h2H,1H2,(H2,3,4,5). The van der Waals surface area contributed by atoms with Gasteiger partial charge in [-0.2, -0.15) is 0 Å². The Morgan fingerprint density at radius 1 is 1.71 bits per heavy atom. The molecule has 0 fully saturated rings. The summed E-state index contributed by atoms with van der Waals surface area (Å²) >= 11 is 0.419. The van der Waals surface area contributed by atoms with E-state index < -0.39 is 6.80 Å². The highest BCUT2D eigenvalue weighted by molar-refractivity contribution is 8.56. The summed E-state index contributed by atoms with van der Waals surface area (Å²) in [6, 6.07) is 0. The minimum absolute atomic E-state index is 0.419. The lowest BCUT2D eigenvalue weighted by molar-refractivity contribution is 0.397. The van der Waals surface area contributed by atoms with Crippen LogP contribution in [0, 0.1) is 0 Å². The Kier molecular flexibility index (Phi) is 2.61. The third-order valence-electron chi connectivity index (χ3n) is 0.212. The van der Waals surface area contributed by atoms with Crippen LogP contribution in [-0.4, -0.2) is 9.79 Å². The third kappa shape index (κ3) is 6.24. The van der Waals surface area contributed by atoms with Gasteiger partial charge in [0.05, 0.1) is 0 Å². The van der Waals surface area contributed by atoms with Gasteiger partial charge < -0.3 is 9.79 Å². The van der Waals surface area contributed by atoms with E-state index in [1.807, 2.05) is 0 Å². The Morgan fingerprint density at radius 3 is 2.14 bits per heavy atom. The summed E-state index contributed by atoms with van der Waals surface area (Å²) in [7, 11) is 0. The zero-order valence-corrected chi connectivity index (χ0v) is 5.15. The maximum Gasteiger partial charge on any atom is 0.388 e. The van der Waals surface area contributed by atoms with Crippen LogP contribution in [0.4, 0.5) is 0 Å². The maximum absolute atomic E-state index is 9.82. The molecule has 0 radical (unpaired) electrons. The molecule has 0 aromatic rings. The van der Waals surface area contributed by atoms with Gasteiger partial charge in [0.2, 0.25) is 0 Å². The van der Waals surface area contributed by atoms with Crippen LogP contribution in [-0.2, 0) is 4.57 Å². The molecule has 2 N–H and O–H groups in total.